The number of aliphatic hydroxyl groups is 1. The van der Waals surface area contributed by atoms with Crippen molar-refractivity contribution in [2.24, 2.45) is 10.9 Å². The van der Waals surface area contributed by atoms with E-state index in [0.29, 0.717) is 5.56 Å². The lowest BCUT2D eigenvalue weighted by Crippen LogP contribution is -2.53. The molecular formula is C13H19N3O2. The van der Waals surface area contributed by atoms with Gasteiger partial charge in [-0.15, -0.1) is 0 Å². The number of benzene rings is 1. The van der Waals surface area contributed by atoms with E-state index < -0.39 is 0 Å². The number of rotatable bonds is 5. The lowest BCUT2D eigenvalue weighted by atomic mass is 9.77. The molecule has 98 valence electrons. The maximum atomic E-state index is 9.34. The normalized spacial score (nSPS) is 18.4. The highest BCUT2D eigenvalue weighted by atomic mass is 16.4. The Bertz CT molecular complexity index is 419. The van der Waals surface area contributed by atoms with Crippen molar-refractivity contribution in [2.45, 2.75) is 31.3 Å². The number of amidine groups is 1. The zero-order valence-electron chi connectivity index (χ0n) is 10.3. The maximum Gasteiger partial charge on any atom is 0.170 e. The molecule has 1 saturated carbocycles. The van der Waals surface area contributed by atoms with Gasteiger partial charge in [-0.05, 0) is 24.8 Å². The molecule has 0 heterocycles. The van der Waals surface area contributed by atoms with Crippen LogP contribution in [0.5, 0.6) is 0 Å². The van der Waals surface area contributed by atoms with Gasteiger partial charge in [0.1, 0.15) is 0 Å². The van der Waals surface area contributed by atoms with Gasteiger partial charge >= 0.3 is 0 Å². The Labute approximate surface area is 106 Å². The van der Waals surface area contributed by atoms with Crippen LogP contribution in [0.1, 0.15) is 30.4 Å². The van der Waals surface area contributed by atoms with Crippen LogP contribution in [-0.4, -0.2) is 28.3 Å². The van der Waals surface area contributed by atoms with Gasteiger partial charge in [0.2, 0.25) is 0 Å². The van der Waals surface area contributed by atoms with E-state index in [1.165, 1.54) is 6.42 Å². The first kappa shape index (κ1) is 12.9. The molecule has 1 aromatic rings. The minimum Gasteiger partial charge on any atom is -0.409 e. The molecule has 1 fully saturated rings. The quantitative estimate of drug-likeness (QED) is 0.269. The predicted molar refractivity (Wildman–Crippen MR) is 69.5 cm³/mol. The number of nitrogens with one attached hydrogen (secondary N) is 1. The highest BCUT2D eigenvalue weighted by Crippen LogP contribution is 2.31. The summed E-state index contributed by atoms with van der Waals surface area (Å²) >= 11 is 0. The lowest BCUT2D eigenvalue weighted by molar-refractivity contribution is 0.0872. The molecule has 1 aliphatic rings. The van der Waals surface area contributed by atoms with Crippen LogP contribution in [0.4, 0.5) is 0 Å². The summed E-state index contributed by atoms with van der Waals surface area (Å²) in [6.07, 6.45) is 3.24. The van der Waals surface area contributed by atoms with Gasteiger partial charge < -0.3 is 21.4 Å². The molecule has 0 aliphatic heterocycles. The summed E-state index contributed by atoms with van der Waals surface area (Å²) in [5.74, 6) is 0.111. The van der Waals surface area contributed by atoms with E-state index in [0.717, 1.165) is 24.9 Å². The van der Waals surface area contributed by atoms with Gasteiger partial charge in [0.15, 0.2) is 5.84 Å². The Balaban J connectivity index is 1.94. The van der Waals surface area contributed by atoms with E-state index in [1.807, 2.05) is 24.3 Å². The largest absolute Gasteiger partial charge is 0.409 e. The minimum atomic E-state index is -0.0791. The topological polar surface area (TPSA) is 90.9 Å². The van der Waals surface area contributed by atoms with Crippen LogP contribution >= 0.6 is 0 Å². The summed E-state index contributed by atoms with van der Waals surface area (Å²) in [7, 11) is 0. The number of hydrogen-bond acceptors (Lipinski definition) is 4. The Morgan fingerprint density at radius 1 is 1.33 bits per heavy atom. The molecule has 1 aliphatic carbocycles. The summed E-state index contributed by atoms with van der Waals surface area (Å²) in [5, 5.41) is 24.3. The first-order valence-electron chi connectivity index (χ1n) is 6.12. The monoisotopic (exact) mass is 249 g/mol. The smallest absolute Gasteiger partial charge is 0.170 e. The van der Waals surface area contributed by atoms with Gasteiger partial charge in [0.25, 0.3) is 0 Å². The number of hydrogen-bond donors (Lipinski definition) is 4. The average Bonchev–Trinajstić information content (AvgIpc) is 2.38. The second kappa shape index (κ2) is 5.37. The Morgan fingerprint density at radius 2 is 2.00 bits per heavy atom. The molecule has 0 unspecified atom stereocenters. The van der Waals surface area contributed by atoms with Crippen LogP contribution in [0.25, 0.3) is 0 Å². The Morgan fingerprint density at radius 3 is 2.44 bits per heavy atom. The van der Waals surface area contributed by atoms with Gasteiger partial charge in [0, 0.05) is 17.6 Å². The van der Waals surface area contributed by atoms with Gasteiger partial charge in [-0.2, -0.15) is 0 Å². The van der Waals surface area contributed by atoms with Gasteiger partial charge in [-0.25, -0.2) is 0 Å². The van der Waals surface area contributed by atoms with Crippen LogP contribution in [-0.2, 0) is 6.54 Å². The summed E-state index contributed by atoms with van der Waals surface area (Å²) in [4.78, 5) is 0. The molecule has 18 heavy (non-hydrogen) atoms. The lowest BCUT2D eigenvalue weighted by Gasteiger charge is -2.41. The third kappa shape index (κ3) is 2.63. The fraction of sp³-hybridized carbons (Fsp3) is 0.462. The molecule has 5 N–H and O–H groups in total. The van der Waals surface area contributed by atoms with Gasteiger partial charge in [-0.1, -0.05) is 29.4 Å². The Kier molecular flexibility index (Phi) is 3.84. The maximum absolute atomic E-state index is 9.34. The van der Waals surface area contributed by atoms with Crippen molar-refractivity contribution in [2.75, 3.05) is 6.61 Å². The highest BCUT2D eigenvalue weighted by Gasteiger charge is 2.35. The van der Waals surface area contributed by atoms with Crippen LogP contribution in [0.2, 0.25) is 0 Å². The zero-order chi connectivity index (χ0) is 13.0. The molecule has 1 aromatic carbocycles. The zero-order valence-corrected chi connectivity index (χ0v) is 10.3. The van der Waals surface area contributed by atoms with E-state index in [2.05, 4.69) is 10.5 Å². The van der Waals surface area contributed by atoms with E-state index in [-0.39, 0.29) is 18.0 Å². The van der Waals surface area contributed by atoms with Crippen molar-refractivity contribution in [3.05, 3.63) is 35.4 Å². The van der Waals surface area contributed by atoms with Gasteiger partial charge in [-0.3, -0.25) is 0 Å². The van der Waals surface area contributed by atoms with Crippen molar-refractivity contribution in [1.29, 1.82) is 0 Å². The van der Waals surface area contributed by atoms with E-state index in [4.69, 9.17) is 10.9 Å². The molecule has 0 radical (unpaired) electrons. The molecule has 0 spiro atoms. The molecule has 0 aromatic heterocycles. The Hall–Kier alpha value is -1.59. The van der Waals surface area contributed by atoms with Crippen molar-refractivity contribution in [1.82, 2.24) is 5.32 Å². The summed E-state index contributed by atoms with van der Waals surface area (Å²) < 4.78 is 0. The van der Waals surface area contributed by atoms with Gasteiger partial charge in [0.05, 0.1) is 6.61 Å². The summed E-state index contributed by atoms with van der Waals surface area (Å²) in [6, 6.07) is 7.51. The number of aliphatic hydroxyl groups excluding tert-OH is 1. The van der Waals surface area contributed by atoms with Crippen molar-refractivity contribution >= 4 is 5.84 Å². The SMILES string of the molecule is N/C(=N/O)c1ccc(CNC2(CO)CCC2)cc1. The molecule has 5 nitrogen and oxygen atoms in total. The van der Waals surface area contributed by atoms with E-state index in [9.17, 15) is 5.11 Å². The van der Waals surface area contributed by atoms with E-state index >= 15 is 0 Å². The summed E-state index contributed by atoms with van der Waals surface area (Å²) in [5.41, 5.74) is 7.22. The standard InChI is InChI=1S/C13H19N3O2/c14-12(16-18)11-4-2-10(3-5-11)8-15-13(9-17)6-1-7-13/h2-5,15,17-18H,1,6-9H2,(H2,14,16). The summed E-state index contributed by atoms with van der Waals surface area (Å²) in [6.45, 7) is 0.909. The first-order chi connectivity index (χ1) is 8.69. The van der Waals surface area contributed by atoms with Crippen molar-refractivity contribution < 1.29 is 10.3 Å². The first-order valence-corrected chi connectivity index (χ1v) is 6.12. The molecule has 5 heteroatoms. The fourth-order valence-corrected chi connectivity index (χ4v) is 2.14. The fourth-order valence-electron chi connectivity index (χ4n) is 2.14. The third-order valence-corrected chi connectivity index (χ3v) is 3.64. The van der Waals surface area contributed by atoms with Crippen LogP contribution in [0.3, 0.4) is 0 Å². The van der Waals surface area contributed by atoms with Crippen LogP contribution in [0.15, 0.2) is 29.4 Å². The molecule has 0 saturated heterocycles. The molecule has 0 bridgehead atoms. The number of nitrogens with zero attached hydrogens (tertiary/aromatic N) is 1. The molecular weight excluding hydrogens is 230 g/mol. The molecule has 0 atom stereocenters. The highest BCUT2D eigenvalue weighted by molar-refractivity contribution is 5.96. The van der Waals surface area contributed by atoms with E-state index in [1.54, 1.807) is 0 Å². The van der Waals surface area contributed by atoms with Crippen LogP contribution < -0.4 is 11.1 Å². The molecule has 0 amide bonds. The molecule has 2 rings (SSSR count). The second-order valence-corrected chi connectivity index (χ2v) is 4.83. The van der Waals surface area contributed by atoms with Crippen molar-refractivity contribution in [3.8, 4) is 0 Å². The minimum absolute atomic E-state index is 0.0791. The number of oxime groups is 1. The number of nitrogens with two attached hydrogens (primary N) is 1. The predicted octanol–water partition coefficient (Wildman–Crippen LogP) is 0.786. The van der Waals surface area contributed by atoms with Crippen LogP contribution in [0, 0.1) is 0 Å². The average molecular weight is 249 g/mol. The van der Waals surface area contributed by atoms with Crippen molar-refractivity contribution in [3.63, 3.8) is 0 Å². The second-order valence-electron chi connectivity index (χ2n) is 4.83. The third-order valence-electron chi connectivity index (χ3n) is 3.64.